The van der Waals surface area contributed by atoms with Crippen molar-refractivity contribution in [3.8, 4) is 5.75 Å². The molecule has 1 aliphatic heterocycles. The van der Waals surface area contributed by atoms with Crippen LogP contribution in [0, 0.1) is 0 Å². The second-order valence-corrected chi connectivity index (χ2v) is 7.09. The van der Waals surface area contributed by atoms with Crippen LogP contribution >= 0.6 is 11.3 Å². The van der Waals surface area contributed by atoms with Crippen LogP contribution in [-0.2, 0) is 0 Å². The Balaban J connectivity index is 2.41. The zero-order valence-electron chi connectivity index (χ0n) is 13.1. The van der Waals surface area contributed by atoms with Gasteiger partial charge in [-0.3, -0.25) is 4.79 Å². The van der Waals surface area contributed by atoms with E-state index in [1.807, 2.05) is 27.7 Å². The van der Waals surface area contributed by atoms with Crippen molar-refractivity contribution in [3.05, 3.63) is 4.88 Å². The molecule has 5 nitrogen and oxygen atoms in total. The number of hydrogen-bond donors (Lipinski definition) is 2. The summed E-state index contributed by atoms with van der Waals surface area (Å²) in [4.78, 5) is 14.7. The molecule has 2 heterocycles. The summed E-state index contributed by atoms with van der Waals surface area (Å²) in [5, 5.41) is 11.0. The van der Waals surface area contributed by atoms with Crippen LogP contribution in [0.25, 0.3) is 0 Å². The summed E-state index contributed by atoms with van der Waals surface area (Å²) < 4.78 is 5.84. The minimum Gasteiger partial charge on any atom is -0.486 e. The van der Waals surface area contributed by atoms with Crippen molar-refractivity contribution >= 4 is 27.8 Å². The third kappa shape index (κ3) is 3.32. The number of Topliss-reactive ketones (excluding diaryl/α,β-unsaturated/α-hetero) is 1. The standard InChI is InChI=1S/C15H24N2O3S/c1-5-10(18)13-11(16)12(20-9(2)3)14(21-13)17-7-6-15(4,19)8-17/h9,19H,5-8,16H2,1-4H3. The summed E-state index contributed by atoms with van der Waals surface area (Å²) in [7, 11) is 0. The van der Waals surface area contributed by atoms with Gasteiger partial charge in [-0.05, 0) is 27.2 Å². The van der Waals surface area contributed by atoms with E-state index in [4.69, 9.17) is 10.5 Å². The monoisotopic (exact) mass is 312 g/mol. The highest BCUT2D eigenvalue weighted by molar-refractivity contribution is 7.19. The summed E-state index contributed by atoms with van der Waals surface area (Å²) in [6.45, 7) is 8.78. The van der Waals surface area contributed by atoms with Gasteiger partial charge in [0.1, 0.15) is 5.00 Å². The Kier molecular flexibility index (Phi) is 4.49. The number of ketones is 1. The maximum Gasteiger partial charge on any atom is 0.177 e. The molecular formula is C15H24N2O3S. The van der Waals surface area contributed by atoms with Gasteiger partial charge >= 0.3 is 0 Å². The third-order valence-electron chi connectivity index (χ3n) is 3.55. The van der Waals surface area contributed by atoms with Crippen LogP contribution in [0.2, 0.25) is 0 Å². The molecule has 0 aliphatic carbocycles. The third-order valence-corrected chi connectivity index (χ3v) is 4.84. The van der Waals surface area contributed by atoms with E-state index in [1.165, 1.54) is 11.3 Å². The number of anilines is 2. The van der Waals surface area contributed by atoms with Gasteiger partial charge in [0.2, 0.25) is 0 Å². The van der Waals surface area contributed by atoms with Gasteiger partial charge in [-0.15, -0.1) is 11.3 Å². The van der Waals surface area contributed by atoms with Gasteiger partial charge in [0.15, 0.2) is 11.5 Å². The Morgan fingerprint density at radius 2 is 2.24 bits per heavy atom. The Morgan fingerprint density at radius 3 is 2.71 bits per heavy atom. The predicted octanol–water partition coefficient (Wildman–Crippen LogP) is 2.67. The number of ether oxygens (including phenoxy) is 1. The van der Waals surface area contributed by atoms with Gasteiger partial charge in [0, 0.05) is 19.5 Å². The summed E-state index contributed by atoms with van der Waals surface area (Å²) in [6.07, 6.45) is 1.10. The largest absolute Gasteiger partial charge is 0.486 e. The number of aliphatic hydroxyl groups is 1. The van der Waals surface area contributed by atoms with Crippen LogP contribution in [0.1, 0.15) is 50.2 Å². The first-order valence-electron chi connectivity index (χ1n) is 7.34. The van der Waals surface area contributed by atoms with Crippen molar-refractivity contribution in [3.63, 3.8) is 0 Å². The number of rotatable bonds is 5. The summed E-state index contributed by atoms with van der Waals surface area (Å²) >= 11 is 1.37. The second kappa shape index (κ2) is 5.85. The lowest BCUT2D eigenvalue weighted by molar-refractivity contribution is 0.0839. The minimum absolute atomic E-state index is 0.0201. The molecule has 0 aromatic carbocycles. The fourth-order valence-corrected chi connectivity index (χ4v) is 3.65. The molecule has 0 amide bonds. The number of hydrogen-bond acceptors (Lipinski definition) is 6. The van der Waals surface area contributed by atoms with E-state index in [-0.39, 0.29) is 11.9 Å². The fraction of sp³-hybridized carbons (Fsp3) is 0.667. The molecule has 21 heavy (non-hydrogen) atoms. The normalized spacial score (nSPS) is 22.1. The molecule has 3 N–H and O–H groups in total. The van der Waals surface area contributed by atoms with Gasteiger partial charge in [0.05, 0.1) is 22.3 Å². The highest BCUT2D eigenvalue weighted by Crippen LogP contribution is 2.47. The molecule has 0 radical (unpaired) electrons. The lowest BCUT2D eigenvalue weighted by Crippen LogP contribution is -2.29. The lowest BCUT2D eigenvalue weighted by atomic mass is 10.1. The molecule has 1 saturated heterocycles. The first-order valence-corrected chi connectivity index (χ1v) is 8.16. The summed E-state index contributed by atoms with van der Waals surface area (Å²) in [5.41, 5.74) is 5.87. The second-order valence-electron chi connectivity index (χ2n) is 6.09. The zero-order valence-corrected chi connectivity index (χ0v) is 13.9. The van der Waals surface area contributed by atoms with E-state index in [2.05, 4.69) is 4.90 Å². The van der Waals surface area contributed by atoms with Crippen LogP contribution in [-0.4, -0.2) is 35.7 Å². The van der Waals surface area contributed by atoms with E-state index in [0.29, 0.717) is 35.7 Å². The van der Waals surface area contributed by atoms with Crippen molar-refractivity contribution < 1.29 is 14.6 Å². The molecular weight excluding hydrogens is 288 g/mol. The smallest absolute Gasteiger partial charge is 0.177 e. The maximum absolute atomic E-state index is 12.0. The Labute approximate surface area is 129 Å². The number of nitrogen functional groups attached to an aromatic ring is 1. The lowest BCUT2D eigenvalue weighted by Gasteiger charge is -2.21. The first-order chi connectivity index (χ1) is 9.75. The Morgan fingerprint density at radius 1 is 1.57 bits per heavy atom. The fourth-order valence-electron chi connectivity index (χ4n) is 2.46. The van der Waals surface area contributed by atoms with Gasteiger partial charge < -0.3 is 20.5 Å². The van der Waals surface area contributed by atoms with E-state index in [1.54, 1.807) is 0 Å². The topological polar surface area (TPSA) is 75.8 Å². The number of thiophene rings is 1. The molecule has 1 unspecified atom stereocenters. The van der Waals surface area contributed by atoms with E-state index in [9.17, 15) is 9.90 Å². The van der Waals surface area contributed by atoms with Crippen LogP contribution < -0.4 is 15.4 Å². The molecule has 1 fully saturated rings. The van der Waals surface area contributed by atoms with E-state index >= 15 is 0 Å². The minimum atomic E-state index is -0.706. The van der Waals surface area contributed by atoms with Crippen LogP contribution in [0.5, 0.6) is 5.75 Å². The van der Waals surface area contributed by atoms with E-state index in [0.717, 1.165) is 11.5 Å². The average Bonchev–Trinajstić information content (AvgIpc) is 2.90. The average molecular weight is 312 g/mol. The van der Waals surface area contributed by atoms with Crippen LogP contribution in [0.15, 0.2) is 0 Å². The van der Waals surface area contributed by atoms with Crippen molar-refractivity contribution in [2.24, 2.45) is 0 Å². The quantitative estimate of drug-likeness (QED) is 0.818. The summed E-state index contributed by atoms with van der Waals surface area (Å²) in [5.74, 6) is 0.618. The Hall–Kier alpha value is -1.27. The molecule has 6 heteroatoms. The van der Waals surface area contributed by atoms with Gasteiger partial charge in [-0.1, -0.05) is 6.92 Å². The van der Waals surface area contributed by atoms with Gasteiger partial charge in [-0.25, -0.2) is 0 Å². The molecule has 1 aliphatic rings. The maximum atomic E-state index is 12.0. The zero-order chi connectivity index (χ0) is 15.8. The number of nitrogens with two attached hydrogens (primary N) is 1. The van der Waals surface area contributed by atoms with Crippen molar-refractivity contribution in [2.45, 2.75) is 52.2 Å². The predicted molar refractivity (Wildman–Crippen MR) is 86.6 cm³/mol. The molecule has 1 aromatic heterocycles. The van der Waals surface area contributed by atoms with Gasteiger partial charge in [-0.2, -0.15) is 0 Å². The first kappa shape index (κ1) is 16.1. The SMILES string of the molecule is CCC(=O)c1sc(N2CCC(C)(O)C2)c(OC(C)C)c1N. The van der Waals surface area contributed by atoms with Gasteiger partial charge in [0.25, 0.3) is 0 Å². The molecule has 1 aromatic rings. The van der Waals surface area contributed by atoms with Crippen molar-refractivity contribution in [1.82, 2.24) is 0 Å². The number of carbonyl (C=O) groups excluding carboxylic acids is 1. The van der Waals surface area contributed by atoms with E-state index < -0.39 is 5.60 Å². The molecule has 0 saturated carbocycles. The molecule has 0 bridgehead atoms. The van der Waals surface area contributed by atoms with Crippen LogP contribution in [0.4, 0.5) is 10.7 Å². The van der Waals surface area contributed by atoms with Crippen molar-refractivity contribution in [1.29, 1.82) is 0 Å². The highest BCUT2D eigenvalue weighted by atomic mass is 32.1. The molecule has 2 rings (SSSR count). The number of β-amino-alcohol motifs (C(OH)–C–C–N with tert-alkyl or cyclic N) is 1. The molecule has 1 atom stereocenters. The molecule has 118 valence electrons. The van der Waals surface area contributed by atoms with Crippen LogP contribution in [0.3, 0.4) is 0 Å². The summed E-state index contributed by atoms with van der Waals surface area (Å²) in [6, 6.07) is 0. The Bertz CT molecular complexity index is 537. The number of nitrogens with zero attached hydrogens (tertiary/aromatic N) is 1. The highest BCUT2D eigenvalue weighted by Gasteiger charge is 2.35. The number of carbonyl (C=O) groups is 1. The van der Waals surface area contributed by atoms with Crippen molar-refractivity contribution in [2.75, 3.05) is 23.7 Å². The molecule has 0 spiro atoms.